The molecule has 0 radical (unpaired) electrons. The number of aromatic nitrogens is 7. The summed E-state index contributed by atoms with van der Waals surface area (Å²) in [5.74, 6) is 0.286. The molecule has 0 unspecified atom stereocenters. The van der Waals surface area contributed by atoms with Gasteiger partial charge in [0.25, 0.3) is 0 Å². The first-order valence-electron chi connectivity index (χ1n) is 9.61. The van der Waals surface area contributed by atoms with Gasteiger partial charge in [-0.1, -0.05) is 12.1 Å². The van der Waals surface area contributed by atoms with E-state index >= 15 is 0 Å². The maximum Gasteiger partial charge on any atom is 0.159 e. The minimum Gasteiger partial charge on any atom is -0.335 e. The SMILES string of the molecule is Fc1cccc(-c2cncc3[nH]c(-c4n[nH]c5cnc(-c6cccnc6)cc45)nc23)c1. The van der Waals surface area contributed by atoms with Gasteiger partial charge < -0.3 is 4.98 Å². The number of benzene rings is 1. The standard InChI is InChI=1S/C23H14FN7/c24-15-5-1-3-13(7-15)17-10-26-11-20-21(17)29-23(28-20)22-16-8-18(14-4-2-6-25-9-14)27-12-19(16)30-31-22/h1-12H,(H,28,29)(H,30,31). The summed E-state index contributed by atoms with van der Waals surface area (Å²) >= 11 is 0. The van der Waals surface area contributed by atoms with Crippen molar-refractivity contribution in [3.8, 4) is 33.9 Å². The van der Waals surface area contributed by atoms with E-state index in [9.17, 15) is 4.39 Å². The molecule has 6 rings (SSSR count). The molecule has 2 N–H and O–H groups in total. The minimum atomic E-state index is -0.306. The third-order valence-corrected chi connectivity index (χ3v) is 5.16. The summed E-state index contributed by atoms with van der Waals surface area (Å²) in [5.41, 5.74) is 6.08. The number of fused-ring (bicyclic) bond motifs is 2. The Labute approximate surface area is 175 Å². The second kappa shape index (κ2) is 6.81. The van der Waals surface area contributed by atoms with Crippen LogP contribution in [0.4, 0.5) is 4.39 Å². The molecule has 31 heavy (non-hydrogen) atoms. The van der Waals surface area contributed by atoms with Gasteiger partial charge in [0.2, 0.25) is 0 Å². The highest BCUT2D eigenvalue weighted by molar-refractivity contribution is 5.97. The van der Waals surface area contributed by atoms with Crippen molar-refractivity contribution < 1.29 is 4.39 Å². The van der Waals surface area contributed by atoms with Crippen molar-refractivity contribution in [3.05, 3.63) is 79.3 Å². The van der Waals surface area contributed by atoms with Crippen molar-refractivity contribution in [2.45, 2.75) is 0 Å². The number of imidazole rings is 1. The third-order valence-electron chi connectivity index (χ3n) is 5.16. The number of nitrogens with one attached hydrogen (secondary N) is 2. The Hall–Kier alpha value is -4.46. The van der Waals surface area contributed by atoms with Gasteiger partial charge in [0, 0.05) is 35.1 Å². The summed E-state index contributed by atoms with van der Waals surface area (Å²) in [6, 6.07) is 12.2. The molecule has 1 aromatic carbocycles. The Morgan fingerprint density at radius 2 is 1.77 bits per heavy atom. The van der Waals surface area contributed by atoms with Crippen molar-refractivity contribution in [3.63, 3.8) is 0 Å². The molecule has 0 fully saturated rings. The third kappa shape index (κ3) is 2.93. The molecule has 0 saturated carbocycles. The van der Waals surface area contributed by atoms with Gasteiger partial charge in [-0.2, -0.15) is 5.10 Å². The van der Waals surface area contributed by atoms with Gasteiger partial charge in [0.1, 0.15) is 11.5 Å². The quantitative estimate of drug-likeness (QED) is 0.441. The van der Waals surface area contributed by atoms with Gasteiger partial charge in [-0.15, -0.1) is 0 Å². The average molecular weight is 407 g/mol. The van der Waals surface area contributed by atoms with E-state index in [0.29, 0.717) is 22.6 Å². The lowest BCUT2D eigenvalue weighted by Crippen LogP contribution is -1.86. The van der Waals surface area contributed by atoms with Crippen LogP contribution >= 0.6 is 0 Å². The van der Waals surface area contributed by atoms with Gasteiger partial charge in [0.05, 0.1) is 34.6 Å². The van der Waals surface area contributed by atoms with E-state index in [-0.39, 0.29) is 5.82 Å². The molecule has 0 aliphatic heterocycles. The fraction of sp³-hybridized carbons (Fsp3) is 0. The molecule has 0 bridgehead atoms. The molecular formula is C23H14FN7. The number of halogens is 1. The molecule has 5 heterocycles. The van der Waals surface area contributed by atoms with Crippen molar-refractivity contribution in [2.24, 2.45) is 0 Å². The van der Waals surface area contributed by atoms with Gasteiger partial charge in [-0.25, -0.2) is 9.37 Å². The van der Waals surface area contributed by atoms with Crippen LogP contribution in [0.5, 0.6) is 0 Å². The van der Waals surface area contributed by atoms with Crippen molar-refractivity contribution in [1.29, 1.82) is 0 Å². The topological polar surface area (TPSA) is 96.0 Å². The van der Waals surface area contributed by atoms with Crippen molar-refractivity contribution >= 4 is 21.9 Å². The summed E-state index contributed by atoms with van der Waals surface area (Å²) in [6.45, 7) is 0. The molecule has 0 atom stereocenters. The summed E-state index contributed by atoms with van der Waals surface area (Å²) < 4.78 is 13.8. The predicted molar refractivity (Wildman–Crippen MR) is 115 cm³/mol. The Bertz CT molecular complexity index is 1550. The maximum atomic E-state index is 13.8. The fourth-order valence-corrected chi connectivity index (χ4v) is 3.68. The van der Waals surface area contributed by atoms with Crippen molar-refractivity contribution in [1.82, 2.24) is 35.1 Å². The number of nitrogens with zero attached hydrogens (tertiary/aromatic N) is 5. The van der Waals surface area contributed by atoms with Gasteiger partial charge in [-0.05, 0) is 35.9 Å². The van der Waals surface area contributed by atoms with Crippen LogP contribution in [-0.4, -0.2) is 35.1 Å². The second-order valence-corrected chi connectivity index (χ2v) is 7.11. The summed E-state index contributed by atoms with van der Waals surface area (Å²) in [5, 5.41) is 8.35. The molecule has 7 nitrogen and oxygen atoms in total. The Morgan fingerprint density at radius 1 is 0.839 bits per heavy atom. The highest BCUT2D eigenvalue weighted by atomic mass is 19.1. The number of pyridine rings is 3. The van der Waals surface area contributed by atoms with E-state index < -0.39 is 0 Å². The predicted octanol–water partition coefficient (Wildman–Crippen LogP) is 4.76. The largest absolute Gasteiger partial charge is 0.335 e. The van der Waals surface area contributed by atoms with E-state index in [0.717, 1.165) is 33.2 Å². The van der Waals surface area contributed by atoms with E-state index in [1.54, 1.807) is 37.1 Å². The molecule has 0 saturated heterocycles. The van der Waals surface area contributed by atoms with E-state index in [4.69, 9.17) is 4.98 Å². The van der Waals surface area contributed by atoms with Crippen LogP contribution in [0, 0.1) is 5.82 Å². The molecular weight excluding hydrogens is 393 g/mol. The maximum absolute atomic E-state index is 13.8. The lowest BCUT2D eigenvalue weighted by atomic mass is 10.1. The van der Waals surface area contributed by atoms with Gasteiger partial charge in [0.15, 0.2) is 5.82 Å². The Kier molecular flexibility index (Phi) is 3.82. The lowest BCUT2D eigenvalue weighted by Gasteiger charge is -2.01. The first-order valence-corrected chi connectivity index (χ1v) is 9.61. The normalized spacial score (nSPS) is 11.4. The average Bonchev–Trinajstić information content (AvgIpc) is 3.43. The second-order valence-electron chi connectivity index (χ2n) is 7.11. The zero-order valence-corrected chi connectivity index (χ0v) is 16.0. The van der Waals surface area contributed by atoms with Crippen LogP contribution in [0.25, 0.3) is 55.8 Å². The number of H-pyrrole nitrogens is 2. The Morgan fingerprint density at radius 3 is 2.65 bits per heavy atom. The van der Waals surface area contributed by atoms with E-state index in [2.05, 4.69) is 30.1 Å². The molecule has 5 aromatic heterocycles. The lowest BCUT2D eigenvalue weighted by molar-refractivity contribution is 0.628. The van der Waals surface area contributed by atoms with E-state index in [1.165, 1.54) is 12.1 Å². The molecule has 6 aromatic rings. The van der Waals surface area contributed by atoms with E-state index in [1.807, 2.05) is 24.3 Å². The number of hydrogen-bond acceptors (Lipinski definition) is 5. The first kappa shape index (κ1) is 17.4. The smallest absolute Gasteiger partial charge is 0.159 e. The highest BCUT2D eigenvalue weighted by Crippen LogP contribution is 2.32. The van der Waals surface area contributed by atoms with Crippen molar-refractivity contribution in [2.75, 3.05) is 0 Å². The first-order chi connectivity index (χ1) is 15.3. The minimum absolute atomic E-state index is 0.306. The zero-order valence-electron chi connectivity index (χ0n) is 16.0. The van der Waals surface area contributed by atoms with Crippen LogP contribution in [0.3, 0.4) is 0 Å². The number of rotatable bonds is 3. The molecule has 148 valence electrons. The molecule has 0 aliphatic carbocycles. The van der Waals surface area contributed by atoms with Crippen LogP contribution < -0.4 is 0 Å². The fourth-order valence-electron chi connectivity index (χ4n) is 3.68. The monoisotopic (exact) mass is 407 g/mol. The van der Waals surface area contributed by atoms with Crippen LogP contribution in [0.2, 0.25) is 0 Å². The summed E-state index contributed by atoms with van der Waals surface area (Å²) in [6.07, 6.45) is 8.63. The molecule has 0 spiro atoms. The number of aromatic amines is 2. The molecule has 8 heteroatoms. The summed E-state index contributed by atoms with van der Waals surface area (Å²) in [4.78, 5) is 21.0. The highest BCUT2D eigenvalue weighted by Gasteiger charge is 2.16. The zero-order chi connectivity index (χ0) is 20.8. The van der Waals surface area contributed by atoms with Gasteiger partial charge in [-0.3, -0.25) is 20.1 Å². The van der Waals surface area contributed by atoms with Crippen LogP contribution in [0.15, 0.2) is 73.4 Å². The number of hydrogen-bond donors (Lipinski definition) is 2. The van der Waals surface area contributed by atoms with Gasteiger partial charge >= 0.3 is 0 Å². The Balaban J connectivity index is 1.52. The summed E-state index contributed by atoms with van der Waals surface area (Å²) in [7, 11) is 0. The molecule has 0 amide bonds. The molecule has 0 aliphatic rings. The van der Waals surface area contributed by atoms with Crippen LogP contribution in [0.1, 0.15) is 0 Å². The van der Waals surface area contributed by atoms with Crippen LogP contribution in [-0.2, 0) is 0 Å².